The number of hydrogen-bond acceptors (Lipinski definition) is 7. The molecule has 0 saturated carbocycles. The van der Waals surface area contributed by atoms with Crippen molar-refractivity contribution in [2.45, 2.75) is 33.7 Å². The van der Waals surface area contributed by atoms with Gasteiger partial charge in [0, 0.05) is 22.5 Å². The van der Waals surface area contributed by atoms with Gasteiger partial charge in [0.1, 0.15) is 11.5 Å². The quantitative estimate of drug-likeness (QED) is 0.498. The highest BCUT2D eigenvalue weighted by Gasteiger charge is 2.35. The van der Waals surface area contributed by atoms with Crippen LogP contribution in [0.15, 0.2) is 36.4 Å². The van der Waals surface area contributed by atoms with Crippen molar-refractivity contribution in [3.05, 3.63) is 51.8 Å². The summed E-state index contributed by atoms with van der Waals surface area (Å²) in [6, 6.07) is 9.84. The van der Waals surface area contributed by atoms with Gasteiger partial charge in [0.2, 0.25) is 0 Å². The average molecular weight is 492 g/mol. The van der Waals surface area contributed by atoms with E-state index in [0.29, 0.717) is 35.0 Å². The molecule has 0 saturated heterocycles. The number of carbonyl (C=O) groups excluding carboxylic acids is 3. The third-order valence-electron chi connectivity index (χ3n) is 6.28. The van der Waals surface area contributed by atoms with Crippen LogP contribution < -0.4 is 19.3 Å². The van der Waals surface area contributed by atoms with Gasteiger partial charge < -0.3 is 14.4 Å². The van der Waals surface area contributed by atoms with Gasteiger partial charge in [-0.2, -0.15) is 0 Å². The van der Waals surface area contributed by atoms with Crippen LogP contribution in [0.25, 0.3) is 11.3 Å². The smallest absolute Gasteiger partial charge is 0.265 e. The van der Waals surface area contributed by atoms with Crippen molar-refractivity contribution in [2.75, 3.05) is 29.6 Å². The molecule has 2 aliphatic rings. The molecular formula is C26H25N3O5S. The van der Waals surface area contributed by atoms with E-state index in [1.54, 1.807) is 41.4 Å². The monoisotopic (exact) mass is 491 g/mol. The summed E-state index contributed by atoms with van der Waals surface area (Å²) < 4.78 is 11.2. The fourth-order valence-electron chi connectivity index (χ4n) is 4.60. The van der Waals surface area contributed by atoms with Crippen LogP contribution in [0.4, 0.5) is 11.4 Å². The molecule has 9 heteroatoms. The summed E-state index contributed by atoms with van der Waals surface area (Å²) in [7, 11) is 0. The van der Waals surface area contributed by atoms with E-state index in [-0.39, 0.29) is 30.8 Å². The van der Waals surface area contributed by atoms with Crippen molar-refractivity contribution in [2.24, 2.45) is 0 Å². The molecule has 2 amide bonds. The van der Waals surface area contributed by atoms with Crippen LogP contribution in [0.1, 0.15) is 34.1 Å². The molecule has 1 aromatic heterocycles. The van der Waals surface area contributed by atoms with Gasteiger partial charge >= 0.3 is 0 Å². The molecule has 3 aromatic rings. The van der Waals surface area contributed by atoms with Crippen LogP contribution in [0.5, 0.6) is 11.5 Å². The highest BCUT2D eigenvalue weighted by atomic mass is 32.1. The number of Topliss-reactive ketones (excluding diaryl/α,β-unsaturated/α-hetero) is 1. The normalized spacial score (nSPS) is 15.8. The molecule has 2 aliphatic heterocycles. The molecular weight excluding hydrogens is 466 g/mol. The second-order valence-electron chi connectivity index (χ2n) is 8.52. The number of aryl methyl sites for hydroxylation is 2. The first-order valence-corrected chi connectivity index (χ1v) is 12.2. The number of thiazole rings is 1. The Balaban J connectivity index is 1.51. The zero-order chi connectivity index (χ0) is 24.9. The molecule has 3 heterocycles. The molecule has 0 radical (unpaired) electrons. The predicted molar refractivity (Wildman–Crippen MR) is 134 cm³/mol. The number of ether oxygens (including phenoxy) is 2. The Morgan fingerprint density at radius 3 is 2.40 bits per heavy atom. The number of anilines is 2. The summed E-state index contributed by atoms with van der Waals surface area (Å²) in [4.78, 5) is 47.6. The largest absolute Gasteiger partial charge is 0.482 e. The van der Waals surface area contributed by atoms with Crippen LogP contribution >= 0.6 is 11.3 Å². The molecule has 1 unspecified atom stereocenters. The number of likely N-dealkylation sites (N-methyl/N-ethyl adjacent to an activating group) is 1. The lowest BCUT2D eigenvalue weighted by Gasteiger charge is -2.34. The Hall–Kier alpha value is -3.72. The van der Waals surface area contributed by atoms with E-state index < -0.39 is 6.04 Å². The molecule has 0 fully saturated rings. The van der Waals surface area contributed by atoms with Crippen LogP contribution in [-0.2, 0) is 9.59 Å². The minimum atomic E-state index is -0.785. The number of ketones is 1. The van der Waals surface area contributed by atoms with Crippen molar-refractivity contribution in [1.29, 1.82) is 0 Å². The maximum atomic E-state index is 13.6. The Labute approximate surface area is 207 Å². The van der Waals surface area contributed by atoms with Gasteiger partial charge in [-0.05, 0) is 64.1 Å². The Morgan fingerprint density at radius 2 is 1.71 bits per heavy atom. The van der Waals surface area contributed by atoms with Crippen LogP contribution in [0.2, 0.25) is 0 Å². The first-order valence-electron chi connectivity index (χ1n) is 11.4. The molecule has 180 valence electrons. The van der Waals surface area contributed by atoms with Crippen molar-refractivity contribution in [1.82, 2.24) is 4.98 Å². The number of carbonyl (C=O) groups is 3. The Bertz CT molecular complexity index is 1370. The van der Waals surface area contributed by atoms with E-state index >= 15 is 0 Å². The third kappa shape index (κ3) is 3.95. The van der Waals surface area contributed by atoms with Crippen LogP contribution in [0, 0.1) is 13.8 Å². The minimum Gasteiger partial charge on any atom is -0.482 e. The SMILES string of the molecule is CCN1C(=O)COc2ccc(C(=O)C(C)N3C(=O)COc4ccc(-c5nc(C)sc5C)cc43)cc21. The van der Waals surface area contributed by atoms with Gasteiger partial charge in [0.25, 0.3) is 11.8 Å². The van der Waals surface area contributed by atoms with Gasteiger partial charge in [-0.3, -0.25) is 19.3 Å². The van der Waals surface area contributed by atoms with Gasteiger partial charge in [-0.15, -0.1) is 11.3 Å². The van der Waals surface area contributed by atoms with Gasteiger partial charge in [-0.1, -0.05) is 0 Å². The summed E-state index contributed by atoms with van der Waals surface area (Å²) in [5.41, 5.74) is 3.21. The summed E-state index contributed by atoms with van der Waals surface area (Å²) in [6.07, 6.45) is 0. The lowest BCUT2D eigenvalue weighted by molar-refractivity contribution is -0.122. The topological polar surface area (TPSA) is 89.0 Å². The van der Waals surface area contributed by atoms with Gasteiger partial charge in [0.05, 0.1) is 28.1 Å². The number of nitrogens with zero attached hydrogens (tertiary/aromatic N) is 3. The lowest BCUT2D eigenvalue weighted by Crippen LogP contribution is -2.48. The van der Waals surface area contributed by atoms with Crippen LogP contribution in [-0.4, -0.2) is 48.4 Å². The number of rotatable bonds is 5. The van der Waals surface area contributed by atoms with Crippen molar-refractivity contribution >= 4 is 40.3 Å². The highest BCUT2D eigenvalue weighted by Crippen LogP contribution is 2.39. The van der Waals surface area contributed by atoms with E-state index in [1.807, 2.05) is 39.0 Å². The second-order valence-corrected chi connectivity index (χ2v) is 9.93. The molecule has 8 nitrogen and oxygen atoms in total. The first kappa shape index (κ1) is 23.0. The molecule has 35 heavy (non-hydrogen) atoms. The number of benzene rings is 2. The van der Waals surface area contributed by atoms with E-state index in [4.69, 9.17) is 9.47 Å². The minimum absolute atomic E-state index is 0.0239. The first-order chi connectivity index (χ1) is 16.8. The molecule has 0 bridgehead atoms. The fraction of sp³-hybridized carbons (Fsp3) is 0.308. The number of amides is 2. The summed E-state index contributed by atoms with van der Waals surface area (Å²) in [6.45, 7) is 7.84. The number of aromatic nitrogens is 1. The maximum Gasteiger partial charge on any atom is 0.265 e. The zero-order valence-electron chi connectivity index (χ0n) is 20.0. The Kier molecular flexibility index (Phi) is 5.80. The molecule has 0 aliphatic carbocycles. The lowest BCUT2D eigenvalue weighted by atomic mass is 10.00. The van der Waals surface area contributed by atoms with E-state index in [0.717, 1.165) is 21.1 Å². The maximum absolute atomic E-state index is 13.6. The number of hydrogen-bond donors (Lipinski definition) is 0. The molecule has 0 spiro atoms. The molecule has 5 rings (SSSR count). The summed E-state index contributed by atoms with van der Waals surface area (Å²) >= 11 is 1.61. The van der Waals surface area contributed by atoms with Crippen molar-refractivity contribution < 1.29 is 23.9 Å². The summed E-state index contributed by atoms with van der Waals surface area (Å²) in [5.74, 6) is 0.402. The van der Waals surface area contributed by atoms with Gasteiger partial charge in [0.15, 0.2) is 19.0 Å². The van der Waals surface area contributed by atoms with Gasteiger partial charge in [-0.25, -0.2) is 4.98 Å². The number of fused-ring (bicyclic) bond motifs is 2. The predicted octanol–water partition coefficient (Wildman–Crippen LogP) is 4.17. The molecule has 2 aromatic carbocycles. The van der Waals surface area contributed by atoms with Crippen molar-refractivity contribution in [3.63, 3.8) is 0 Å². The Morgan fingerprint density at radius 1 is 1.03 bits per heavy atom. The average Bonchev–Trinajstić information content (AvgIpc) is 3.20. The molecule has 0 N–H and O–H groups in total. The standard InChI is InChI=1S/C26H25N3O5S/c1-5-28-19-11-18(7-9-21(19)33-12-23(28)30)26(32)14(2)29-20-10-17(25-15(3)35-16(4)27-25)6-8-22(20)34-13-24(29)31/h6-11,14H,5,12-13H2,1-4H3. The van der Waals surface area contributed by atoms with E-state index in [2.05, 4.69) is 4.98 Å². The second kappa shape index (κ2) is 8.81. The summed E-state index contributed by atoms with van der Waals surface area (Å²) in [5, 5.41) is 0.957. The van der Waals surface area contributed by atoms with Crippen LogP contribution in [0.3, 0.4) is 0 Å². The van der Waals surface area contributed by atoms with E-state index in [1.165, 1.54) is 4.90 Å². The van der Waals surface area contributed by atoms with E-state index in [9.17, 15) is 14.4 Å². The highest BCUT2D eigenvalue weighted by molar-refractivity contribution is 7.11. The van der Waals surface area contributed by atoms with Crippen molar-refractivity contribution in [3.8, 4) is 22.8 Å². The zero-order valence-corrected chi connectivity index (χ0v) is 20.8. The third-order valence-corrected chi connectivity index (χ3v) is 7.17. The fourth-order valence-corrected chi connectivity index (χ4v) is 5.44. The molecule has 1 atom stereocenters.